The highest BCUT2D eigenvalue weighted by Gasteiger charge is 2.40. The molecule has 1 aromatic heterocycles. The number of nitrogens with zero attached hydrogens (tertiary/aromatic N) is 4. The Hall–Kier alpha value is -1.64. The first kappa shape index (κ1) is 12.8. The van der Waals surface area contributed by atoms with E-state index in [0.717, 1.165) is 4.90 Å². The summed E-state index contributed by atoms with van der Waals surface area (Å²) in [5.74, 6) is 0.385. The van der Waals surface area contributed by atoms with Crippen molar-refractivity contribution in [1.82, 2.24) is 15.0 Å². The molecule has 1 aliphatic heterocycles. The third-order valence-corrected chi connectivity index (χ3v) is 3.69. The summed E-state index contributed by atoms with van der Waals surface area (Å²) in [6.07, 6.45) is -0.386. The normalized spacial score (nSPS) is 20.5. The highest BCUT2D eigenvalue weighted by Crippen LogP contribution is 2.23. The second-order valence-corrected chi connectivity index (χ2v) is 5.65. The fraction of sp³-hybridized carbons (Fsp3) is 0.556. The molecule has 1 aromatic rings. The topological polar surface area (TPSA) is 93.1 Å². The Morgan fingerprint density at radius 1 is 1.22 bits per heavy atom. The van der Waals surface area contributed by atoms with Crippen LogP contribution in [0.25, 0.3) is 0 Å². The van der Waals surface area contributed by atoms with Crippen molar-refractivity contribution in [2.75, 3.05) is 11.4 Å². The largest absolute Gasteiger partial charge is 0.307 e. The van der Waals surface area contributed by atoms with E-state index in [9.17, 15) is 17.1 Å². The van der Waals surface area contributed by atoms with Gasteiger partial charge in [0.2, 0.25) is 11.9 Å². The monoisotopic (exact) mass is 274 g/mol. The Labute approximate surface area is 103 Å². The molecule has 0 aliphatic carbocycles. The molecule has 7 nitrogen and oxygen atoms in total. The number of aromatic nitrogens is 3. The van der Waals surface area contributed by atoms with E-state index in [4.69, 9.17) is 0 Å². The Kier molecular flexibility index (Phi) is 3.01. The molecule has 0 bridgehead atoms. The highest BCUT2D eigenvalue weighted by atomic mass is 32.3. The number of anilines is 1. The molecule has 2 heterocycles. The maximum Gasteiger partial charge on any atom is 0.307 e. The van der Waals surface area contributed by atoms with E-state index in [0.29, 0.717) is 11.6 Å². The van der Waals surface area contributed by atoms with Crippen molar-refractivity contribution >= 4 is 22.1 Å². The third kappa shape index (κ3) is 2.45. The van der Waals surface area contributed by atoms with E-state index >= 15 is 0 Å². The molecule has 0 spiro atoms. The van der Waals surface area contributed by atoms with Crippen LogP contribution in [0.4, 0.5) is 9.83 Å². The van der Waals surface area contributed by atoms with E-state index in [2.05, 4.69) is 15.0 Å². The third-order valence-electron chi connectivity index (χ3n) is 2.58. The first-order valence-electron chi connectivity index (χ1n) is 5.20. The van der Waals surface area contributed by atoms with Gasteiger partial charge in [-0.15, -0.1) is 3.89 Å². The van der Waals surface area contributed by atoms with E-state index < -0.39 is 21.4 Å². The van der Waals surface area contributed by atoms with Crippen LogP contribution in [0.3, 0.4) is 0 Å². The summed E-state index contributed by atoms with van der Waals surface area (Å²) >= 11 is 0. The lowest BCUT2D eigenvalue weighted by molar-refractivity contribution is -0.117. The molecule has 18 heavy (non-hydrogen) atoms. The van der Waals surface area contributed by atoms with Crippen LogP contribution in [0.15, 0.2) is 0 Å². The van der Waals surface area contributed by atoms with E-state index in [1.807, 2.05) is 0 Å². The zero-order valence-electron chi connectivity index (χ0n) is 9.79. The molecule has 0 N–H and O–H groups in total. The minimum absolute atomic E-state index is 0.0659. The summed E-state index contributed by atoms with van der Waals surface area (Å²) in [5, 5.41) is -1.35. The summed E-state index contributed by atoms with van der Waals surface area (Å²) < 4.78 is 34.4. The van der Waals surface area contributed by atoms with E-state index in [-0.39, 0.29) is 18.9 Å². The summed E-state index contributed by atoms with van der Waals surface area (Å²) in [4.78, 5) is 24.6. The molecule has 9 heteroatoms. The van der Waals surface area contributed by atoms with Gasteiger partial charge < -0.3 is 0 Å². The molecule has 1 unspecified atom stereocenters. The molecule has 1 fully saturated rings. The number of carbonyl (C=O) groups is 1. The molecular weight excluding hydrogens is 263 g/mol. The summed E-state index contributed by atoms with van der Waals surface area (Å²) in [6.45, 7) is 2.99. The van der Waals surface area contributed by atoms with Crippen molar-refractivity contribution < 1.29 is 17.1 Å². The van der Waals surface area contributed by atoms with Gasteiger partial charge in [0.1, 0.15) is 16.9 Å². The molecule has 1 atom stereocenters. The van der Waals surface area contributed by atoms with Crippen molar-refractivity contribution in [3.63, 3.8) is 0 Å². The van der Waals surface area contributed by atoms with Crippen LogP contribution in [-0.2, 0) is 15.0 Å². The van der Waals surface area contributed by atoms with Gasteiger partial charge in [-0.05, 0) is 13.8 Å². The molecule has 0 radical (unpaired) electrons. The fourth-order valence-electron chi connectivity index (χ4n) is 1.78. The Morgan fingerprint density at radius 3 is 2.22 bits per heavy atom. The SMILES string of the molecule is Cc1nc(C)nc(N2CC(S(=O)(=O)F)CC2=O)n1. The smallest absolute Gasteiger partial charge is 0.279 e. The lowest BCUT2D eigenvalue weighted by Crippen LogP contribution is -2.29. The summed E-state index contributed by atoms with van der Waals surface area (Å²) in [7, 11) is -4.73. The molecule has 1 amide bonds. The Balaban J connectivity index is 2.32. The molecule has 0 aromatic carbocycles. The predicted molar refractivity (Wildman–Crippen MR) is 60.1 cm³/mol. The number of rotatable bonds is 2. The van der Waals surface area contributed by atoms with Crippen molar-refractivity contribution in [1.29, 1.82) is 0 Å². The Bertz CT molecular complexity index is 584. The van der Waals surface area contributed by atoms with Crippen molar-refractivity contribution in [2.24, 2.45) is 0 Å². The first-order valence-corrected chi connectivity index (χ1v) is 6.65. The first-order chi connectivity index (χ1) is 8.27. The second-order valence-electron chi connectivity index (χ2n) is 4.04. The molecule has 2 rings (SSSR count). The van der Waals surface area contributed by atoms with Gasteiger partial charge in [-0.1, -0.05) is 0 Å². The van der Waals surface area contributed by atoms with Gasteiger partial charge in [-0.25, -0.2) is 4.98 Å². The second kappa shape index (κ2) is 4.23. The average Bonchev–Trinajstić information content (AvgIpc) is 2.58. The van der Waals surface area contributed by atoms with Gasteiger partial charge in [0.05, 0.1) is 0 Å². The lowest BCUT2D eigenvalue weighted by atomic mass is 10.4. The Morgan fingerprint density at radius 2 is 1.78 bits per heavy atom. The highest BCUT2D eigenvalue weighted by molar-refractivity contribution is 7.87. The van der Waals surface area contributed by atoms with Crippen LogP contribution in [0.5, 0.6) is 0 Å². The quantitative estimate of drug-likeness (QED) is 0.699. The summed E-state index contributed by atoms with van der Waals surface area (Å²) in [6, 6.07) is 0. The molecule has 1 saturated heterocycles. The zero-order valence-corrected chi connectivity index (χ0v) is 10.6. The van der Waals surface area contributed by atoms with Gasteiger partial charge in [0.15, 0.2) is 0 Å². The molecule has 98 valence electrons. The number of hydrogen-bond acceptors (Lipinski definition) is 6. The molecular formula is C9H11FN4O3S. The van der Waals surface area contributed by atoms with E-state index in [1.54, 1.807) is 13.8 Å². The fourth-order valence-corrected chi connectivity index (χ4v) is 2.44. The standard InChI is InChI=1S/C9H11FN4O3S/c1-5-11-6(2)13-9(12-5)14-4-7(3-8(14)15)18(10,16)17/h7H,3-4H2,1-2H3. The molecule has 0 saturated carbocycles. The van der Waals surface area contributed by atoms with Crippen LogP contribution in [-0.4, -0.2) is 41.1 Å². The number of amides is 1. The van der Waals surface area contributed by atoms with Gasteiger partial charge in [-0.3, -0.25) is 9.69 Å². The van der Waals surface area contributed by atoms with Crippen LogP contribution in [0.2, 0.25) is 0 Å². The van der Waals surface area contributed by atoms with Crippen molar-refractivity contribution in [3.8, 4) is 0 Å². The van der Waals surface area contributed by atoms with Crippen LogP contribution < -0.4 is 4.90 Å². The lowest BCUT2D eigenvalue weighted by Gasteiger charge is -2.14. The zero-order chi connectivity index (χ0) is 13.5. The predicted octanol–water partition coefficient (Wildman–Crippen LogP) is -0.107. The average molecular weight is 274 g/mol. The van der Waals surface area contributed by atoms with Crippen molar-refractivity contribution in [3.05, 3.63) is 11.6 Å². The maximum absolute atomic E-state index is 12.9. The van der Waals surface area contributed by atoms with Crippen LogP contribution in [0, 0.1) is 13.8 Å². The maximum atomic E-state index is 12.9. The molecule has 1 aliphatic rings. The van der Waals surface area contributed by atoms with Gasteiger partial charge >= 0.3 is 10.2 Å². The minimum Gasteiger partial charge on any atom is -0.279 e. The van der Waals surface area contributed by atoms with Gasteiger partial charge in [0.25, 0.3) is 0 Å². The number of aryl methyl sites for hydroxylation is 2. The summed E-state index contributed by atoms with van der Waals surface area (Å²) in [5.41, 5.74) is 0. The van der Waals surface area contributed by atoms with Gasteiger partial charge in [-0.2, -0.15) is 18.4 Å². The van der Waals surface area contributed by atoms with Crippen LogP contribution >= 0.6 is 0 Å². The van der Waals surface area contributed by atoms with Gasteiger partial charge in [0, 0.05) is 13.0 Å². The minimum atomic E-state index is -4.73. The number of hydrogen-bond donors (Lipinski definition) is 0. The van der Waals surface area contributed by atoms with E-state index in [1.165, 1.54) is 0 Å². The van der Waals surface area contributed by atoms with Crippen LogP contribution in [0.1, 0.15) is 18.1 Å². The van der Waals surface area contributed by atoms with Crippen molar-refractivity contribution in [2.45, 2.75) is 25.5 Å². The number of halogens is 1. The number of carbonyl (C=O) groups excluding carboxylic acids is 1.